The predicted octanol–water partition coefficient (Wildman–Crippen LogP) is 1.65. The van der Waals surface area contributed by atoms with Crippen molar-refractivity contribution in [2.75, 3.05) is 18.6 Å². The van der Waals surface area contributed by atoms with Crippen molar-refractivity contribution in [2.45, 2.75) is 32.6 Å². The van der Waals surface area contributed by atoms with E-state index in [2.05, 4.69) is 4.74 Å². The second-order valence-electron chi connectivity index (χ2n) is 5.22. The minimum absolute atomic E-state index is 0.202. The van der Waals surface area contributed by atoms with Crippen molar-refractivity contribution in [3.8, 4) is 0 Å². The lowest BCUT2D eigenvalue weighted by Crippen LogP contribution is -2.57. The Balaban J connectivity index is 3.30. The van der Waals surface area contributed by atoms with Crippen LogP contribution in [0.4, 0.5) is 8.78 Å². The normalized spacial score (nSPS) is 30.1. The van der Waals surface area contributed by atoms with E-state index in [0.717, 1.165) is 7.11 Å². The summed E-state index contributed by atoms with van der Waals surface area (Å²) in [5, 5.41) is 0. The van der Waals surface area contributed by atoms with Crippen LogP contribution in [0.2, 0.25) is 0 Å². The highest BCUT2D eigenvalue weighted by molar-refractivity contribution is 7.91. The minimum atomic E-state index is -3.64. The largest absolute Gasteiger partial charge is 0.468 e. The van der Waals surface area contributed by atoms with Crippen LogP contribution in [0.1, 0.15) is 26.7 Å². The molecule has 0 N–H and O–H groups in total. The molecule has 1 saturated heterocycles. The number of methoxy groups -OCH3 is 1. The second-order valence-corrected chi connectivity index (χ2v) is 7.40. The van der Waals surface area contributed by atoms with Gasteiger partial charge in [0.2, 0.25) is 0 Å². The van der Waals surface area contributed by atoms with Gasteiger partial charge in [0.15, 0.2) is 9.84 Å². The Kier molecular flexibility index (Phi) is 4.05. The van der Waals surface area contributed by atoms with Crippen LogP contribution < -0.4 is 0 Å². The minimum Gasteiger partial charge on any atom is -0.468 e. The van der Waals surface area contributed by atoms with E-state index in [4.69, 9.17) is 0 Å². The first-order chi connectivity index (χ1) is 8.06. The van der Waals surface area contributed by atoms with Gasteiger partial charge in [-0.3, -0.25) is 4.79 Å². The molecule has 18 heavy (non-hydrogen) atoms. The molecule has 1 unspecified atom stereocenters. The average molecular weight is 284 g/mol. The summed E-state index contributed by atoms with van der Waals surface area (Å²) < 4.78 is 55.9. The summed E-state index contributed by atoms with van der Waals surface area (Å²) in [7, 11) is -2.64. The zero-order valence-corrected chi connectivity index (χ0v) is 11.5. The molecule has 1 aliphatic rings. The van der Waals surface area contributed by atoms with E-state index in [0.29, 0.717) is 0 Å². The zero-order valence-electron chi connectivity index (χ0n) is 10.7. The van der Waals surface area contributed by atoms with Gasteiger partial charge in [-0.25, -0.2) is 17.2 Å². The van der Waals surface area contributed by atoms with E-state index in [9.17, 15) is 22.0 Å². The van der Waals surface area contributed by atoms with E-state index in [-0.39, 0.29) is 12.3 Å². The highest BCUT2D eigenvalue weighted by Gasteiger charge is 2.64. The Labute approximate surface area is 106 Å². The second kappa shape index (κ2) is 4.75. The standard InChI is InChI=1S/C11H18F2O4S/c1-8(2)6-10(9(14)17-3)7-18(15,16)5-4-11(10,12)13/h8H,4-7H2,1-3H3. The first-order valence-corrected chi connectivity index (χ1v) is 7.55. The van der Waals surface area contributed by atoms with Crippen LogP contribution in [0.5, 0.6) is 0 Å². The number of alkyl halides is 2. The van der Waals surface area contributed by atoms with Gasteiger partial charge in [-0.05, 0) is 12.3 Å². The van der Waals surface area contributed by atoms with E-state index in [1.54, 1.807) is 13.8 Å². The third-order valence-corrected chi connectivity index (χ3v) is 4.99. The fourth-order valence-corrected chi connectivity index (χ4v) is 4.38. The number of rotatable bonds is 3. The molecule has 4 nitrogen and oxygen atoms in total. The summed E-state index contributed by atoms with van der Waals surface area (Å²) in [4.78, 5) is 11.8. The molecule has 106 valence electrons. The first-order valence-electron chi connectivity index (χ1n) is 5.73. The Morgan fingerprint density at radius 3 is 2.39 bits per heavy atom. The third kappa shape index (κ3) is 2.65. The number of esters is 1. The molecular weight excluding hydrogens is 266 g/mol. The van der Waals surface area contributed by atoms with E-state index in [1.807, 2.05) is 0 Å². The van der Waals surface area contributed by atoms with Crippen molar-refractivity contribution in [3.63, 3.8) is 0 Å². The van der Waals surface area contributed by atoms with Crippen LogP contribution in [0.3, 0.4) is 0 Å². The van der Waals surface area contributed by atoms with Crippen LogP contribution in [-0.2, 0) is 19.4 Å². The van der Waals surface area contributed by atoms with Gasteiger partial charge in [-0.2, -0.15) is 0 Å². The van der Waals surface area contributed by atoms with Crippen LogP contribution in [0.15, 0.2) is 0 Å². The van der Waals surface area contributed by atoms with E-state index < -0.39 is 45.1 Å². The molecule has 0 spiro atoms. The Morgan fingerprint density at radius 2 is 1.94 bits per heavy atom. The molecule has 1 aliphatic heterocycles. The molecule has 1 rings (SSSR count). The number of carbonyl (C=O) groups is 1. The van der Waals surface area contributed by atoms with Gasteiger partial charge in [0, 0.05) is 6.42 Å². The quantitative estimate of drug-likeness (QED) is 0.739. The summed E-state index contributed by atoms with van der Waals surface area (Å²) >= 11 is 0. The summed E-state index contributed by atoms with van der Waals surface area (Å²) in [5.41, 5.74) is -2.24. The van der Waals surface area contributed by atoms with Gasteiger partial charge in [0.25, 0.3) is 5.92 Å². The maximum Gasteiger partial charge on any atom is 0.319 e. The van der Waals surface area contributed by atoms with Gasteiger partial charge >= 0.3 is 5.97 Å². The maximum absolute atomic E-state index is 14.1. The molecule has 7 heteroatoms. The van der Waals surface area contributed by atoms with Crippen LogP contribution in [-0.4, -0.2) is 38.9 Å². The van der Waals surface area contributed by atoms with Crippen molar-refractivity contribution < 1.29 is 26.7 Å². The van der Waals surface area contributed by atoms with Crippen LogP contribution in [0, 0.1) is 11.3 Å². The predicted molar refractivity (Wildman–Crippen MR) is 62.1 cm³/mol. The van der Waals surface area contributed by atoms with Gasteiger partial charge < -0.3 is 4.74 Å². The molecule has 0 radical (unpaired) electrons. The lowest BCUT2D eigenvalue weighted by atomic mass is 9.75. The highest BCUT2D eigenvalue weighted by Crippen LogP contribution is 2.49. The molecule has 0 aromatic heterocycles. The van der Waals surface area contributed by atoms with E-state index in [1.165, 1.54) is 0 Å². The van der Waals surface area contributed by atoms with Crippen molar-refractivity contribution in [2.24, 2.45) is 11.3 Å². The number of hydrogen-bond acceptors (Lipinski definition) is 4. The van der Waals surface area contributed by atoms with Gasteiger partial charge in [0.05, 0.1) is 18.6 Å². The molecule has 0 aromatic carbocycles. The van der Waals surface area contributed by atoms with Crippen molar-refractivity contribution in [1.82, 2.24) is 0 Å². The Morgan fingerprint density at radius 1 is 1.39 bits per heavy atom. The lowest BCUT2D eigenvalue weighted by Gasteiger charge is -2.41. The van der Waals surface area contributed by atoms with Crippen molar-refractivity contribution in [1.29, 1.82) is 0 Å². The smallest absolute Gasteiger partial charge is 0.319 e. The summed E-state index contributed by atoms with van der Waals surface area (Å²) in [5.74, 6) is -6.14. The fourth-order valence-electron chi connectivity index (χ4n) is 2.47. The first kappa shape index (κ1) is 15.3. The van der Waals surface area contributed by atoms with Gasteiger partial charge in [-0.1, -0.05) is 13.8 Å². The summed E-state index contributed by atoms with van der Waals surface area (Å²) in [6, 6.07) is 0. The van der Waals surface area contributed by atoms with Crippen molar-refractivity contribution >= 4 is 15.8 Å². The van der Waals surface area contributed by atoms with Gasteiger partial charge in [-0.15, -0.1) is 0 Å². The average Bonchev–Trinajstić information content (AvgIpc) is 2.22. The molecule has 0 saturated carbocycles. The van der Waals surface area contributed by atoms with Crippen LogP contribution >= 0.6 is 0 Å². The molecule has 1 heterocycles. The Hall–Kier alpha value is -0.720. The SMILES string of the molecule is COC(=O)C1(CC(C)C)CS(=O)(=O)CCC1(F)F. The topological polar surface area (TPSA) is 60.4 Å². The fraction of sp³-hybridized carbons (Fsp3) is 0.909. The highest BCUT2D eigenvalue weighted by atomic mass is 32.2. The number of carbonyl (C=O) groups excluding carboxylic acids is 1. The summed E-state index contributed by atoms with van der Waals surface area (Å²) in [6.45, 7) is 3.34. The summed E-state index contributed by atoms with van der Waals surface area (Å²) in [6.07, 6.45) is -1.02. The molecule has 0 bridgehead atoms. The Bertz CT molecular complexity index is 430. The number of hydrogen-bond donors (Lipinski definition) is 0. The monoisotopic (exact) mass is 284 g/mol. The van der Waals surface area contributed by atoms with Gasteiger partial charge in [0.1, 0.15) is 5.41 Å². The molecule has 1 atom stereocenters. The van der Waals surface area contributed by atoms with E-state index >= 15 is 0 Å². The number of halogens is 2. The number of ether oxygens (including phenoxy) is 1. The maximum atomic E-state index is 14.1. The lowest BCUT2D eigenvalue weighted by molar-refractivity contribution is -0.184. The number of sulfone groups is 1. The molecule has 0 aromatic rings. The zero-order chi connectivity index (χ0) is 14.2. The molecule has 0 aliphatic carbocycles. The molecular formula is C11H18F2O4S. The van der Waals surface area contributed by atoms with Crippen molar-refractivity contribution in [3.05, 3.63) is 0 Å². The molecule has 1 fully saturated rings. The third-order valence-electron chi connectivity index (χ3n) is 3.23. The molecule has 0 amide bonds. The van der Waals surface area contributed by atoms with Crippen LogP contribution in [0.25, 0.3) is 0 Å².